The van der Waals surface area contributed by atoms with Crippen molar-refractivity contribution in [2.75, 3.05) is 32.9 Å². The minimum absolute atomic E-state index is 0.0442. The zero-order chi connectivity index (χ0) is 11.3. The second-order valence-corrected chi connectivity index (χ2v) is 4.38. The van der Waals surface area contributed by atoms with E-state index in [9.17, 15) is 4.79 Å². The molecule has 1 amide bonds. The highest BCUT2D eigenvalue weighted by Crippen LogP contribution is 2.24. The largest absolute Gasteiger partial charge is 0.394 e. The van der Waals surface area contributed by atoms with Crippen LogP contribution in [0.5, 0.6) is 0 Å². The maximum absolute atomic E-state index is 11.6. The van der Waals surface area contributed by atoms with Crippen LogP contribution in [0.3, 0.4) is 0 Å². The van der Waals surface area contributed by atoms with Crippen LogP contribution in [-0.4, -0.2) is 48.8 Å². The van der Waals surface area contributed by atoms with Crippen molar-refractivity contribution in [2.45, 2.75) is 20.3 Å². The molecule has 88 valence electrons. The van der Waals surface area contributed by atoms with Gasteiger partial charge in [-0.25, -0.2) is 0 Å². The number of hydrogen-bond acceptors (Lipinski definition) is 3. The number of amides is 1. The molecule has 0 saturated carbocycles. The summed E-state index contributed by atoms with van der Waals surface area (Å²) in [7, 11) is 0. The second-order valence-electron chi connectivity index (χ2n) is 4.38. The van der Waals surface area contributed by atoms with Gasteiger partial charge in [-0.1, -0.05) is 13.8 Å². The fraction of sp³-hybridized carbons (Fsp3) is 0.909. The lowest BCUT2D eigenvalue weighted by molar-refractivity contribution is -0.128. The smallest absolute Gasteiger partial charge is 0.223 e. The van der Waals surface area contributed by atoms with Crippen LogP contribution >= 0.6 is 0 Å². The maximum atomic E-state index is 11.6. The molecule has 0 bridgehead atoms. The Kier molecular flexibility index (Phi) is 5.05. The van der Waals surface area contributed by atoms with E-state index in [0.29, 0.717) is 38.0 Å². The molecule has 1 aliphatic heterocycles. The molecule has 0 spiro atoms. The number of carbonyl (C=O) groups excluding carboxylic acids is 1. The molecule has 1 N–H and O–H groups in total. The van der Waals surface area contributed by atoms with Crippen molar-refractivity contribution in [1.82, 2.24) is 4.90 Å². The van der Waals surface area contributed by atoms with Gasteiger partial charge in [-0.2, -0.15) is 0 Å². The lowest BCUT2D eigenvalue weighted by Crippen LogP contribution is -2.29. The standard InChI is InChI=1S/C11H21NO3/c1-9(2)10-7-11(14)12(8-10)3-5-15-6-4-13/h9-10,13H,3-8H2,1-2H3. The minimum atomic E-state index is 0.0442. The van der Waals surface area contributed by atoms with Crippen molar-refractivity contribution >= 4 is 5.91 Å². The molecule has 1 rings (SSSR count). The zero-order valence-electron chi connectivity index (χ0n) is 9.61. The van der Waals surface area contributed by atoms with Gasteiger partial charge in [-0.05, 0) is 11.8 Å². The molecule has 0 aromatic rings. The average Bonchev–Trinajstić information content (AvgIpc) is 2.55. The normalized spacial score (nSPS) is 21.7. The molecule has 4 nitrogen and oxygen atoms in total. The van der Waals surface area contributed by atoms with Crippen LogP contribution in [-0.2, 0) is 9.53 Å². The van der Waals surface area contributed by atoms with Gasteiger partial charge in [-0.3, -0.25) is 4.79 Å². The van der Waals surface area contributed by atoms with Gasteiger partial charge in [0.2, 0.25) is 5.91 Å². The average molecular weight is 215 g/mol. The fourth-order valence-corrected chi connectivity index (χ4v) is 1.81. The minimum Gasteiger partial charge on any atom is -0.394 e. The number of aliphatic hydroxyl groups is 1. The molecule has 1 atom stereocenters. The molecule has 1 aliphatic rings. The SMILES string of the molecule is CC(C)C1CC(=O)N(CCOCCO)C1. The molecule has 1 heterocycles. The molecule has 0 radical (unpaired) electrons. The summed E-state index contributed by atoms with van der Waals surface area (Å²) in [5.74, 6) is 1.30. The predicted molar refractivity (Wildman–Crippen MR) is 57.4 cm³/mol. The van der Waals surface area contributed by atoms with Crippen molar-refractivity contribution in [1.29, 1.82) is 0 Å². The summed E-state index contributed by atoms with van der Waals surface area (Å²) >= 11 is 0. The third-order valence-corrected chi connectivity index (χ3v) is 2.93. The van der Waals surface area contributed by atoms with Gasteiger partial charge in [0.25, 0.3) is 0 Å². The Hall–Kier alpha value is -0.610. The Bertz CT molecular complexity index is 206. The van der Waals surface area contributed by atoms with Crippen LogP contribution in [0.4, 0.5) is 0 Å². The van der Waals surface area contributed by atoms with Crippen LogP contribution in [0.2, 0.25) is 0 Å². The van der Waals surface area contributed by atoms with Gasteiger partial charge in [0.15, 0.2) is 0 Å². The van der Waals surface area contributed by atoms with Crippen molar-refractivity contribution in [2.24, 2.45) is 11.8 Å². The summed E-state index contributed by atoms with van der Waals surface area (Å²) in [5.41, 5.74) is 0. The fourth-order valence-electron chi connectivity index (χ4n) is 1.81. The van der Waals surface area contributed by atoms with Gasteiger partial charge in [0.1, 0.15) is 0 Å². The molecule has 1 unspecified atom stereocenters. The first-order valence-corrected chi connectivity index (χ1v) is 5.61. The molecular formula is C11H21NO3. The van der Waals surface area contributed by atoms with Gasteiger partial charge >= 0.3 is 0 Å². The Morgan fingerprint density at radius 3 is 2.80 bits per heavy atom. The Morgan fingerprint density at radius 1 is 1.53 bits per heavy atom. The maximum Gasteiger partial charge on any atom is 0.223 e. The Morgan fingerprint density at radius 2 is 2.27 bits per heavy atom. The first-order valence-electron chi connectivity index (χ1n) is 5.61. The highest BCUT2D eigenvalue weighted by atomic mass is 16.5. The second kappa shape index (κ2) is 6.08. The van der Waals surface area contributed by atoms with E-state index in [1.54, 1.807) is 0 Å². The molecule has 1 fully saturated rings. The van der Waals surface area contributed by atoms with Crippen LogP contribution in [0.25, 0.3) is 0 Å². The number of aliphatic hydroxyl groups excluding tert-OH is 1. The lowest BCUT2D eigenvalue weighted by Gasteiger charge is -2.17. The van der Waals surface area contributed by atoms with Crippen LogP contribution in [0, 0.1) is 11.8 Å². The number of ether oxygens (including phenoxy) is 1. The highest BCUT2D eigenvalue weighted by molar-refractivity contribution is 5.78. The number of rotatable bonds is 6. The quantitative estimate of drug-likeness (QED) is 0.656. The van der Waals surface area contributed by atoms with Crippen LogP contribution in [0.1, 0.15) is 20.3 Å². The first-order chi connectivity index (χ1) is 7.15. The Balaban J connectivity index is 2.22. The first kappa shape index (κ1) is 12.5. The van der Waals surface area contributed by atoms with E-state index in [-0.39, 0.29) is 12.5 Å². The molecule has 0 aliphatic carbocycles. The van der Waals surface area contributed by atoms with Crippen molar-refractivity contribution in [3.63, 3.8) is 0 Å². The van der Waals surface area contributed by atoms with Gasteiger partial charge in [0.05, 0.1) is 19.8 Å². The van der Waals surface area contributed by atoms with E-state index in [0.717, 1.165) is 6.54 Å². The van der Waals surface area contributed by atoms with E-state index in [1.807, 2.05) is 4.90 Å². The molecule has 1 saturated heterocycles. The summed E-state index contributed by atoms with van der Waals surface area (Å²) < 4.78 is 5.14. The lowest BCUT2D eigenvalue weighted by atomic mass is 9.95. The van der Waals surface area contributed by atoms with Crippen molar-refractivity contribution < 1.29 is 14.6 Å². The van der Waals surface area contributed by atoms with Crippen LogP contribution in [0.15, 0.2) is 0 Å². The number of likely N-dealkylation sites (tertiary alicyclic amines) is 1. The van der Waals surface area contributed by atoms with E-state index >= 15 is 0 Å². The zero-order valence-corrected chi connectivity index (χ0v) is 9.61. The van der Waals surface area contributed by atoms with E-state index in [4.69, 9.17) is 9.84 Å². The molecule has 15 heavy (non-hydrogen) atoms. The third-order valence-electron chi connectivity index (χ3n) is 2.93. The van der Waals surface area contributed by atoms with E-state index < -0.39 is 0 Å². The van der Waals surface area contributed by atoms with E-state index in [2.05, 4.69) is 13.8 Å². The predicted octanol–water partition coefficient (Wildman–Crippen LogP) is 0.500. The number of carbonyl (C=O) groups is 1. The highest BCUT2D eigenvalue weighted by Gasteiger charge is 2.30. The van der Waals surface area contributed by atoms with Gasteiger partial charge in [0, 0.05) is 19.5 Å². The number of hydrogen-bond donors (Lipinski definition) is 1. The van der Waals surface area contributed by atoms with Gasteiger partial charge in [-0.15, -0.1) is 0 Å². The van der Waals surface area contributed by atoms with Gasteiger partial charge < -0.3 is 14.7 Å². The third kappa shape index (κ3) is 3.80. The van der Waals surface area contributed by atoms with Crippen molar-refractivity contribution in [3.8, 4) is 0 Å². The summed E-state index contributed by atoms with van der Waals surface area (Å²) in [4.78, 5) is 13.4. The molecule has 0 aromatic carbocycles. The van der Waals surface area contributed by atoms with Crippen molar-refractivity contribution in [3.05, 3.63) is 0 Å². The van der Waals surface area contributed by atoms with Crippen LogP contribution < -0.4 is 0 Å². The topological polar surface area (TPSA) is 49.8 Å². The summed E-state index contributed by atoms with van der Waals surface area (Å²) in [5, 5.41) is 8.52. The summed E-state index contributed by atoms with van der Waals surface area (Å²) in [6.07, 6.45) is 0.678. The summed E-state index contributed by atoms with van der Waals surface area (Å²) in [6, 6.07) is 0. The van der Waals surface area contributed by atoms with E-state index in [1.165, 1.54) is 0 Å². The number of nitrogens with zero attached hydrogens (tertiary/aromatic N) is 1. The Labute approximate surface area is 91.2 Å². The molecule has 0 aromatic heterocycles. The monoisotopic (exact) mass is 215 g/mol. The molecule has 4 heteroatoms. The summed E-state index contributed by atoms with van der Waals surface area (Å²) in [6.45, 7) is 6.75. The molecular weight excluding hydrogens is 194 g/mol.